The van der Waals surface area contributed by atoms with E-state index in [4.69, 9.17) is 4.74 Å². The van der Waals surface area contributed by atoms with Gasteiger partial charge in [-0.05, 0) is 50.0 Å². The van der Waals surface area contributed by atoms with Crippen LogP contribution >= 0.6 is 0 Å². The summed E-state index contributed by atoms with van der Waals surface area (Å²) in [5.41, 5.74) is -0.133. The predicted molar refractivity (Wildman–Crippen MR) is 88.5 cm³/mol. The lowest BCUT2D eigenvalue weighted by Gasteiger charge is -2.28. The van der Waals surface area contributed by atoms with Crippen LogP contribution in [0.1, 0.15) is 43.0 Å². The molecule has 1 aromatic rings. The van der Waals surface area contributed by atoms with Crippen molar-refractivity contribution in [3.63, 3.8) is 0 Å². The second-order valence-corrected chi connectivity index (χ2v) is 7.14. The molecule has 6 nitrogen and oxygen atoms in total. The zero-order valence-corrected chi connectivity index (χ0v) is 14.2. The molecule has 0 saturated heterocycles. The van der Waals surface area contributed by atoms with E-state index < -0.39 is 5.97 Å². The topological polar surface area (TPSA) is 77.4 Å². The van der Waals surface area contributed by atoms with Crippen LogP contribution < -0.4 is 10.9 Å². The summed E-state index contributed by atoms with van der Waals surface area (Å²) >= 11 is 0. The maximum absolute atomic E-state index is 12.0. The average molecular weight is 332 g/mol. The van der Waals surface area contributed by atoms with Crippen LogP contribution in [0.5, 0.6) is 0 Å². The van der Waals surface area contributed by atoms with Crippen molar-refractivity contribution in [3.05, 3.63) is 34.2 Å². The highest BCUT2D eigenvalue weighted by Crippen LogP contribution is 2.49. The standard InChI is InChI=1S/C18H24N2O4/c1-11(15-8-12-3-4-13(15)7-12)19-16(21)10-24-18(23)14-5-6-20(2)17(22)9-14/h5-6,9,11-13,15H,3-4,7-8,10H2,1-2H3,(H,19,21)/t11-,12+,13+,15+/m1/s1. The van der Waals surface area contributed by atoms with Crippen molar-refractivity contribution < 1.29 is 14.3 Å². The molecule has 2 fully saturated rings. The highest BCUT2D eigenvalue weighted by molar-refractivity contribution is 5.91. The van der Waals surface area contributed by atoms with Crippen LogP contribution in [0, 0.1) is 17.8 Å². The molecule has 0 radical (unpaired) electrons. The van der Waals surface area contributed by atoms with Gasteiger partial charge in [0.1, 0.15) is 0 Å². The van der Waals surface area contributed by atoms with Gasteiger partial charge in [-0.1, -0.05) is 6.42 Å². The Morgan fingerprint density at radius 3 is 2.79 bits per heavy atom. The van der Waals surface area contributed by atoms with Crippen LogP contribution in [0.15, 0.2) is 23.1 Å². The first-order chi connectivity index (χ1) is 11.4. The van der Waals surface area contributed by atoms with Crippen LogP contribution in [0.2, 0.25) is 0 Å². The van der Waals surface area contributed by atoms with Gasteiger partial charge in [0.15, 0.2) is 6.61 Å². The molecule has 1 aromatic heterocycles. The average Bonchev–Trinajstić information content (AvgIpc) is 3.18. The smallest absolute Gasteiger partial charge is 0.338 e. The minimum absolute atomic E-state index is 0.107. The molecule has 0 unspecified atom stereocenters. The van der Waals surface area contributed by atoms with Crippen LogP contribution in [-0.2, 0) is 16.6 Å². The Balaban J connectivity index is 1.47. The quantitative estimate of drug-likeness (QED) is 0.829. The summed E-state index contributed by atoms with van der Waals surface area (Å²) in [6, 6.07) is 2.81. The van der Waals surface area contributed by atoms with E-state index >= 15 is 0 Å². The molecule has 0 aromatic carbocycles. The van der Waals surface area contributed by atoms with Gasteiger partial charge in [0.25, 0.3) is 11.5 Å². The number of nitrogens with one attached hydrogen (secondary N) is 1. The number of aryl methyl sites for hydroxylation is 1. The van der Waals surface area contributed by atoms with Crippen LogP contribution in [0.3, 0.4) is 0 Å². The number of hydrogen-bond acceptors (Lipinski definition) is 4. The fourth-order valence-electron chi connectivity index (χ4n) is 4.20. The number of carbonyl (C=O) groups excluding carboxylic acids is 2. The Morgan fingerprint density at radius 1 is 1.38 bits per heavy atom. The molecule has 0 spiro atoms. The van der Waals surface area contributed by atoms with E-state index in [1.54, 1.807) is 7.05 Å². The molecule has 2 saturated carbocycles. The molecule has 2 aliphatic rings. The lowest BCUT2D eigenvalue weighted by molar-refractivity contribution is -0.125. The highest BCUT2D eigenvalue weighted by Gasteiger charge is 2.42. The Bertz CT molecular complexity index is 697. The number of pyridine rings is 1. The number of carbonyl (C=O) groups is 2. The second kappa shape index (κ2) is 6.79. The van der Waals surface area contributed by atoms with Crippen molar-refractivity contribution in [2.24, 2.45) is 24.8 Å². The van der Waals surface area contributed by atoms with Gasteiger partial charge >= 0.3 is 5.97 Å². The molecule has 2 bridgehead atoms. The van der Waals surface area contributed by atoms with Gasteiger partial charge in [0.2, 0.25) is 0 Å². The summed E-state index contributed by atoms with van der Waals surface area (Å²) in [4.78, 5) is 35.4. The number of amides is 1. The van der Waals surface area contributed by atoms with Gasteiger partial charge in [0, 0.05) is 25.4 Å². The summed E-state index contributed by atoms with van der Waals surface area (Å²) in [7, 11) is 1.60. The SMILES string of the molecule is C[C@@H](NC(=O)COC(=O)c1ccn(C)c(=O)c1)[C@@H]1C[C@H]2CC[C@H]1C2. The van der Waals surface area contributed by atoms with Gasteiger partial charge in [-0.2, -0.15) is 0 Å². The van der Waals surface area contributed by atoms with Crippen molar-refractivity contribution in [2.75, 3.05) is 6.61 Å². The molecule has 4 atom stereocenters. The monoisotopic (exact) mass is 332 g/mol. The maximum atomic E-state index is 12.0. The van der Waals surface area contributed by atoms with Gasteiger partial charge in [-0.15, -0.1) is 0 Å². The summed E-state index contributed by atoms with van der Waals surface area (Å²) in [6.07, 6.45) is 6.59. The molecule has 2 aliphatic carbocycles. The highest BCUT2D eigenvalue weighted by atomic mass is 16.5. The van der Waals surface area contributed by atoms with E-state index in [1.807, 2.05) is 6.92 Å². The minimum atomic E-state index is -0.657. The summed E-state index contributed by atoms with van der Waals surface area (Å²) < 4.78 is 6.37. The lowest BCUT2D eigenvalue weighted by Crippen LogP contribution is -2.42. The molecule has 3 rings (SSSR count). The molecule has 24 heavy (non-hydrogen) atoms. The predicted octanol–water partition coefficient (Wildman–Crippen LogP) is 1.48. The molecule has 1 amide bonds. The fourth-order valence-corrected chi connectivity index (χ4v) is 4.20. The van der Waals surface area contributed by atoms with Crippen molar-refractivity contribution >= 4 is 11.9 Å². The third-order valence-corrected chi connectivity index (χ3v) is 5.50. The number of ether oxygens (including phenoxy) is 1. The van der Waals surface area contributed by atoms with Gasteiger partial charge in [0.05, 0.1) is 5.56 Å². The van der Waals surface area contributed by atoms with Gasteiger partial charge in [-0.25, -0.2) is 4.79 Å². The van der Waals surface area contributed by atoms with E-state index in [0.29, 0.717) is 5.92 Å². The maximum Gasteiger partial charge on any atom is 0.338 e. The van der Waals surface area contributed by atoms with Crippen LogP contribution in [0.25, 0.3) is 0 Å². The number of fused-ring (bicyclic) bond motifs is 2. The first-order valence-electron chi connectivity index (χ1n) is 8.57. The number of hydrogen-bond donors (Lipinski definition) is 1. The second-order valence-electron chi connectivity index (χ2n) is 7.14. The molecule has 1 heterocycles. The summed E-state index contributed by atoms with van der Waals surface area (Å²) in [6.45, 7) is 1.71. The Morgan fingerprint density at radius 2 is 2.17 bits per heavy atom. The number of rotatable bonds is 5. The summed E-state index contributed by atoms with van der Waals surface area (Å²) in [5, 5.41) is 2.95. The Kier molecular flexibility index (Phi) is 4.73. The zero-order chi connectivity index (χ0) is 17.3. The first-order valence-corrected chi connectivity index (χ1v) is 8.57. The van der Waals surface area contributed by atoms with Crippen molar-refractivity contribution in [1.29, 1.82) is 0 Å². The first kappa shape index (κ1) is 16.7. The Hall–Kier alpha value is -2.11. The number of aromatic nitrogens is 1. The normalized spacial score (nSPS) is 26.2. The van der Waals surface area contributed by atoms with E-state index in [1.165, 1.54) is 48.6 Å². The van der Waals surface area contributed by atoms with Crippen LogP contribution in [0.4, 0.5) is 0 Å². The minimum Gasteiger partial charge on any atom is -0.452 e. The molecule has 6 heteroatoms. The molecule has 0 aliphatic heterocycles. The number of nitrogens with zero attached hydrogens (tertiary/aromatic N) is 1. The molecular weight excluding hydrogens is 308 g/mol. The van der Waals surface area contributed by atoms with E-state index in [-0.39, 0.29) is 29.7 Å². The Labute approximate surface area is 141 Å². The van der Waals surface area contributed by atoms with Gasteiger partial charge < -0.3 is 14.6 Å². The lowest BCUT2D eigenvalue weighted by atomic mass is 9.84. The largest absolute Gasteiger partial charge is 0.452 e. The zero-order valence-electron chi connectivity index (χ0n) is 14.2. The van der Waals surface area contributed by atoms with E-state index in [9.17, 15) is 14.4 Å². The third kappa shape index (κ3) is 3.52. The fraction of sp³-hybridized carbons (Fsp3) is 0.611. The third-order valence-electron chi connectivity index (χ3n) is 5.50. The number of esters is 1. The van der Waals surface area contributed by atoms with Crippen molar-refractivity contribution in [1.82, 2.24) is 9.88 Å². The van der Waals surface area contributed by atoms with E-state index in [0.717, 1.165) is 11.8 Å². The van der Waals surface area contributed by atoms with Crippen LogP contribution in [-0.4, -0.2) is 29.1 Å². The van der Waals surface area contributed by atoms with Gasteiger partial charge in [-0.3, -0.25) is 9.59 Å². The summed E-state index contributed by atoms with van der Waals surface area (Å²) in [5.74, 6) is 1.16. The molecular formula is C18H24N2O4. The molecule has 1 N–H and O–H groups in total. The molecule has 130 valence electrons. The van der Waals surface area contributed by atoms with Crippen molar-refractivity contribution in [3.8, 4) is 0 Å². The van der Waals surface area contributed by atoms with E-state index in [2.05, 4.69) is 5.32 Å². The van der Waals surface area contributed by atoms with Crippen molar-refractivity contribution in [2.45, 2.75) is 38.6 Å².